The van der Waals surface area contributed by atoms with E-state index in [1.807, 2.05) is 6.07 Å². The number of hydrogen-bond donors (Lipinski definition) is 1. The van der Waals surface area contributed by atoms with Crippen LogP contribution in [-0.4, -0.2) is 50.6 Å². The predicted octanol–water partition coefficient (Wildman–Crippen LogP) is 0.792. The van der Waals surface area contributed by atoms with Gasteiger partial charge in [-0.15, -0.1) is 0 Å². The van der Waals surface area contributed by atoms with Gasteiger partial charge in [-0.1, -0.05) is 6.07 Å². The van der Waals surface area contributed by atoms with Gasteiger partial charge < -0.3 is 15.1 Å². The Morgan fingerprint density at radius 2 is 2.05 bits per heavy atom. The molecule has 0 radical (unpaired) electrons. The maximum Gasteiger partial charge on any atom is 0.231 e. The van der Waals surface area contributed by atoms with Crippen molar-refractivity contribution in [2.75, 3.05) is 44.7 Å². The maximum atomic E-state index is 14.1. The summed E-state index contributed by atoms with van der Waals surface area (Å²) in [5.41, 5.74) is 2.27. The molecular formula is C15H20FN3O. The van der Waals surface area contributed by atoms with Crippen molar-refractivity contribution in [1.82, 2.24) is 10.2 Å². The lowest BCUT2D eigenvalue weighted by Crippen LogP contribution is -2.44. The molecule has 1 aromatic rings. The van der Waals surface area contributed by atoms with E-state index >= 15 is 0 Å². The Hall–Kier alpha value is -1.46. The van der Waals surface area contributed by atoms with Gasteiger partial charge in [0, 0.05) is 39.8 Å². The smallest absolute Gasteiger partial charge is 0.231 e. The fourth-order valence-corrected chi connectivity index (χ4v) is 3.00. The number of hydrogen-bond acceptors (Lipinski definition) is 3. The Balaban J connectivity index is 1.71. The molecule has 108 valence electrons. The average molecular weight is 277 g/mol. The summed E-state index contributed by atoms with van der Waals surface area (Å²) in [6, 6.07) is 3.57. The molecule has 20 heavy (non-hydrogen) atoms. The molecule has 2 aliphatic heterocycles. The van der Waals surface area contributed by atoms with Crippen LogP contribution in [0, 0.1) is 5.82 Å². The molecule has 1 aromatic carbocycles. The standard InChI is InChI=1S/C15H20FN3O/c1-18-14(20)10-12-8-11(9-13(16)15(12)18)2-5-19-6-3-17-4-7-19/h8-9,17H,2-7,10H2,1H3. The van der Waals surface area contributed by atoms with Gasteiger partial charge in [0.2, 0.25) is 5.91 Å². The maximum absolute atomic E-state index is 14.1. The normalized spacial score (nSPS) is 19.5. The van der Waals surface area contributed by atoms with E-state index in [0.717, 1.165) is 50.3 Å². The number of halogens is 1. The van der Waals surface area contributed by atoms with Crippen LogP contribution in [0.5, 0.6) is 0 Å². The fourth-order valence-electron chi connectivity index (χ4n) is 3.00. The van der Waals surface area contributed by atoms with Crippen molar-refractivity contribution >= 4 is 11.6 Å². The summed E-state index contributed by atoms with van der Waals surface area (Å²) in [5, 5.41) is 3.32. The molecule has 5 heteroatoms. The Morgan fingerprint density at radius 3 is 2.80 bits per heavy atom. The van der Waals surface area contributed by atoms with Crippen LogP contribution in [0.3, 0.4) is 0 Å². The van der Waals surface area contributed by atoms with Gasteiger partial charge in [-0.05, 0) is 23.6 Å². The Kier molecular flexibility index (Phi) is 3.72. The second-order valence-electron chi connectivity index (χ2n) is 5.56. The van der Waals surface area contributed by atoms with Gasteiger partial charge in [-0.2, -0.15) is 0 Å². The van der Waals surface area contributed by atoms with Crippen molar-refractivity contribution in [3.8, 4) is 0 Å². The van der Waals surface area contributed by atoms with E-state index in [-0.39, 0.29) is 11.7 Å². The third-order valence-corrected chi connectivity index (χ3v) is 4.18. The number of benzene rings is 1. The van der Waals surface area contributed by atoms with Crippen molar-refractivity contribution in [3.05, 3.63) is 29.1 Å². The summed E-state index contributed by atoms with van der Waals surface area (Å²) in [4.78, 5) is 15.5. The molecule has 4 nitrogen and oxygen atoms in total. The van der Waals surface area contributed by atoms with E-state index < -0.39 is 0 Å². The SMILES string of the molecule is CN1C(=O)Cc2cc(CCN3CCNCC3)cc(F)c21. The summed E-state index contributed by atoms with van der Waals surface area (Å²) in [6.45, 7) is 5.10. The van der Waals surface area contributed by atoms with E-state index in [1.54, 1.807) is 13.1 Å². The van der Waals surface area contributed by atoms with Crippen LogP contribution in [-0.2, 0) is 17.6 Å². The molecule has 0 saturated carbocycles. The average Bonchev–Trinajstić information content (AvgIpc) is 2.73. The first-order chi connectivity index (χ1) is 9.65. The van der Waals surface area contributed by atoms with Gasteiger partial charge in [0.25, 0.3) is 0 Å². The van der Waals surface area contributed by atoms with Gasteiger partial charge in [0.1, 0.15) is 5.82 Å². The van der Waals surface area contributed by atoms with Gasteiger partial charge >= 0.3 is 0 Å². The molecule has 1 amide bonds. The molecule has 0 atom stereocenters. The highest BCUT2D eigenvalue weighted by Gasteiger charge is 2.27. The van der Waals surface area contributed by atoms with Crippen LogP contribution in [0.15, 0.2) is 12.1 Å². The Bertz CT molecular complexity index is 526. The molecule has 2 aliphatic rings. The van der Waals surface area contributed by atoms with E-state index in [9.17, 15) is 9.18 Å². The first kappa shape index (κ1) is 13.5. The molecule has 0 bridgehead atoms. The van der Waals surface area contributed by atoms with Crippen LogP contribution in [0.2, 0.25) is 0 Å². The lowest BCUT2D eigenvalue weighted by Gasteiger charge is -2.27. The van der Waals surface area contributed by atoms with Crippen molar-refractivity contribution in [2.45, 2.75) is 12.8 Å². The summed E-state index contributed by atoms with van der Waals surface area (Å²) in [7, 11) is 1.64. The summed E-state index contributed by atoms with van der Waals surface area (Å²) in [5.74, 6) is -0.302. The first-order valence-corrected chi connectivity index (χ1v) is 7.16. The summed E-state index contributed by atoms with van der Waals surface area (Å²) < 4.78 is 14.1. The number of fused-ring (bicyclic) bond motifs is 1. The predicted molar refractivity (Wildman–Crippen MR) is 76.5 cm³/mol. The molecule has 3 rings (SSSR count). The second kappa shape index (κ2) is 5.50. The number of likely N-dealkylation sites (N-methyl/N-ethyl adjacent to an activating group) is 1. The number of nitrogens with zero attached hydrogens (tertiary/aromatic N) is 2. The topological polar surface area (TPSA) is 35.6 Å². The summed E-state index contributed by atoms with van der Waals surface area (Å²) >= 11 is 0. The zero-order valence-electron chi connectivity index (χ0n) is 11.8. The third kappa shape index (κ3) is 2.55. The van der Waals surface area contributed by atoms with Crippen LogP contribution >= 0.6 is 0 Å². The largest absolute Gasteiger partial charge is 0.314 e. The van der Waals surface area contributed by atoms with E-state index in [2.05, 4.69) is 10.2 Å². The molecule has 0 aliphatic carbocycles. The van der Waals surface area contributed by atoms with Crippen LogP contribution < -0.4 is 10.2 Å². The van der Waals surface area contributed by atoms with Gasteiger partial charge in [-0.3, -0.25) is 4.79 Å². The highest BCUT2D eigenvalue weighted by Crippen LogP contribution is 2.31. The number of piperazine rings is 1. The van der Waals surface area contributed by atoms with Crippen molar-refractivity contribution < 1.29 is 9.18 Å². The van der Waals surface area contributed by atoms with Crippen LogP contribution in [0.25, 0.3) is 0 Å². The minimum absolute atomic E-state index is 0.0295. The van der Waals surface area contributed by atoms with Crippen molar-refractivity contribution in [1.29, 1.82) is 0 Å². The molecule has 2 heterocycles. The molecular weight excluding hydrogens is 257 g/mol. The van der Waals surface area contributed by atoms with E-state index in [4.69, 9.17) is 0 Å². The molecule has 0 aromatic heterocycles. The first-order valence-electron chi connectivity index (χ1n) is 7.16. The second-order valence-corrected chi connectivity index (χ2v) is 5.56. The number of amides is 1. The minimum atomic E-state index is -0.272. The fraction of sp³-hybridized carbons (Fsp3) is 0.533. The van der Waals surface area contributed by atoms with Crippen molar-refractivity contribution in [3.63, 3.8) is 0 Å². The minimum Gasteiger partial charge on any atom is -0.314 e. The zero-order chi connectivity index (χ0) is 14.1. The number of anilines is 1. The summed E-state index contributed by atoms with van der Waals surface area (Å²) in [6.07, 6.45) is 1.16. The van der Waals surface area contributed by atoms with Crippen LogP contribution in [0.1, 0.15) is 11.1 Å². The molecule has 1 fully saturated rings. The zero-order valence-corrected chi connectivity index (χ0v) is 11.8. The lowest BCUT2D eigenvalue weighted by atomic mass is 10.0. The Morgan fingerprint density at radius 1 is 1.30 bits per heavy atom. The quantitative estimate of drug-likeness (QED) is 0.887. The third-order valence-electron chi connectivity index (χ3n) is 4.18. The van der Waals surface area contributed by atoms with Gasteiger partial charge in [-0.25, -0.2) is 4.39 Å². The number of nitrogens with one attached hydrogen (secondary N) is 1. The molecule has 1 N–H and O–H groups in total. The number of rotatable bonds is 3. The molecule has 1 saturated heterocycles. The molecule has 0 spiro atoms. The highest BCUT2D eigenvalue weighted by molar-refractivity contribution is 6.01. The Labute approximate surface area is 118 Å². The van der Waals surface area contributed by atoms with E-state index in [0.29, 0.717) is 12.1 Å². The van der Waals surface area contributed by atoms with Crippen LogP contribution in [0.4, 0.5) is 10.1 Å². The number of carbonyl (C=O) groups excluding carboxylic acids is 1. The lowest BCUT2D eigenvalue weighted by molar-refractivity contribution is -0.117. The highest BCUT2D eigenvalue weighted by atomic mass is 19.1. The van der Waals surface area contributed by atoms with Crippen molar-refractivity contribution in [2.24, 2.45) is 0 Å². The van der Waals surface area contributed by atoms with Gasteiger partial charge in [0.15, 0.2) is 0 Å². The number of carbonyl (C=O) groups is 1. The monoisotopic (exact) mass is 277 g/mol. The van der Waals surface area contributed by atoms with E-state index in [1.165, 1.54) is 4.90 Å². The molecule has 0 unspecified atom stereocenters. The van der Waals surface area contributed by atoms with Gasteiger partial charge in [0.05, 0.1) is 12.1 Å².